The molecule has 0 heterocycles. The number of benzene rings is 2. The standard InChI is InChI=1S/C16H18FNO/c1-16(2,3)11-5-4-6-14(7-11)19-15-9-12(17)8-13(18)10-15/h4-10H,18H2,1-3H3. The highest BCUT2D eigenvalue weighted by Gasteiger charge is 2.14. The van der Waals surface area contributed by atoms with Gasteiger partial charge in [0.2, 0.25) is 0 Å². The van der Waals surface area contributed by atoms with E-state index in [0.717, 1.165) is 5.56 Å². The molecule has 0 spiro atoms. The lowest BCUT2D eigenvalue weighted by molar-refractivity contribution is 0.473. The van der Waals surface area contributed by atoms with E-state index in [4.69, 9.17) is 10.5 Å². The van der Waals surface area contributed by atoms with Crippen LogP contribution in [0, 0.1) is 5.82 Å². The summed E-state index contributed by atoms with van der Waals surface area (Å²) in [5, 5.41) is 0. The van der Waals surface area contributed by atoms with Crippen molar-refractivity contribution in [2.24, 2.45) is 0 Å². The van der Waals surface area contributed by atoms with E-state index in [2.05, 4.69) is 20.8 Å². The van der Waals surface area contributed by atoms with E-state index in [0.29, 0.717) is 17.2 Å². The maximum Gasteiger partial charge on any atom is 0.132 e. The number of hydrogen-bond acceptors (Lipinski definition) is 2. The molecule has 100 valence electrons. The van der Waals surface area contributed by atoms with Gasteiger partial charge in [-0.1, -0.05) is 32.9 Å². The molecule has 0 radical (unpaired) electrons. The van der Waals surface area contributed by atoms with Crippen LogP contribution in [-0.2, 0) is 5.41 Å². The van der Waals surface area contributed by atoms with Crippen LogP contribution in [-0.4, -0.2) is 0 Å². The Morgan fingerprint density at radius 3 is 2.37 bits per heavy atom. The Morgan fingerprint density at radius 2 is 1.74 bits per heavy atom. The summed E-state index contributed by atoms with van der Waals surface area (Å²) < 4.78 is 18.9. The van der Waals surface area contributed by atoms with Crippen molar-refractivity contribution in [1.29, 1.82) is 0 Å². The van der Waals surface area contributed by atoms with Crippen LogP contribution in [0.25, 0.3) is 0 Å². The summed E-state index contributed by atoms with van der Waals surface area (Å²) in [5.41, 5.74) is 7.14. The Labute approximate surface area is 113 Å². The second-order valence-corrected chi connectivity index (χ2v) is 5.60. The molecule has 0 aliphatic rings. The Balaban J connectivity index is 2.28. The molecule has 0 amide bonds. The number of halogens is 1. The zero-order chi connectivity index (χ0) is 14.0. The highest BCUT2D eigenvalue weighted by molar-refractivity contribution is 5.46. The van der Waals surface area contributed by atoms with Crippen molar-refractivity contribution in [2.75, 3.05) is 5.73 Å². The second kappa shape index (κ2) is 4.92. The van der Waals surface area contributed by atoms with Crippen LogP contribution in [0.2, 0.25) is 0 Å². The monoisotopic (exact) mass is 259 g/mol. The van der Waals surface area contributed by atoms with Crippen molar-refractivity contribution in [3.05, 3.63) is 53.8 Å². The molecule has 3 heteroatoms. The van der Waals surface area contributed by atoms with Gasteiger partial charge >= 0.3 is 0 Å². The molecule has 2 N–H and O–H groups in total. The predicted molar refractivity (Wildman–Crippen MR) is 76.0 cm³/mol. The summed E-state index contributed by atoms with van der Waals surface area (Å²) in [7, 11) is 0. The molecule has 2 aromatic rings. The molecule has 0 aliphatic carbocycles. The molecule has 0 aromatic heterocycles. The Hall–Kier alpha value is -2.03. The number of ether oxygens (including phenoxy) is 1. The van der Waals surface area contributed by atoms with E-state index >= 15 is 0 Å². The molecule has 2 aromatic carbocycles. The number of hydrogen-bond donors (Lipinski definition) is 1. The average Bonchev–Trinajstić information content (AvgIpc) is 2.26. The topological polar surface area (TPSA) is 35.2 Å². The van der Waals surface area contributed by atoms with E-state index in [-0.39, 0.29) is 5.41 Å². The average molecular weight is 259 g/mol. The summed E-state index contributed by atoms with van der Waals surface area (Å²) in [6.45, 7) is 6.39. The largest absolute Gasteiger partial charge is 0.457 e. The fourth-order valence-electron chi connectivity index (χ4n) is 1.81. The van der Waals surface area contributed by atoms with Gasteiger partial charge in [0.1, 0.15) is 17.3 Å². The van der Waals surface area contributed by atoms with Crippen LogP contribution in [0.3, 0.4) is 0 Å². The van der Waals surface area contributed by atoms with Gasteiger partial charge in [0, 0.05) is 17.8 Å². The van der Waals surface area contributed by atoms with E-state index in [1.165, 1.54) is 12.1 Å². The normalized spacial score (nSPS) is 11.4. The van der Waals surface area contributed by atoms with Crippen molar-refractivity contribution < 1.29 is 9.13 Å². The maximum absolute atomic E-state index is 13.2. The van der Waals surface area contributed by atoms with E-state index < -0.39 is 5.82 Å². The highest BCUT2D eigenvalue weighted by Crippen LogP contribution is 2.29. The van der Waals surface area contributed by atoms with Crippen LogP contribution >= 0.6 is 0 Å². The smallest absolute Gasteiger partial charge is 0.132 e. The zero-order valence-electron chi connectivity index (χ0n) is 11.4. The minimum atomic E-state index is -0.401. The van der Waals surface area contributed by atoms with Crippen LogP contribution in [0.1, 0.15) is 26.3 Å². The van der Waals surface area contributed by atoms with Crippen LogP contribution in [0.15, 0.2) is 42.5 Å². The molecular formula is C16H18FNO. The van der Waals surface area contributed by atoms with Crippen molar-refractivity contribution >= 4 is 5.69 Å². The third-order valence-electron chi connectivity index (χ3n) is 2.83. The lowest BCUT2D eigenvalue weighted by atomic mass is 9.87. The van der Waals surface area contributed by atoms with Gasteiger partial charge in [-0.15, -0.1) is 0 Å². The lowest BCUT2D eigenvalue weighted by Gasteiger charge is -2.19. The van der Waals surface area contributed by atoms with Crippen LogP contribution in [0.5, 0.6) is 11.5 Å². The quantitative estimate of drug-likeness (QED) is 0.806. The molecule has 0 saturated heterocycles. The van der Waals surface area contributed by atoms with E-state index in [9.17, 15) is 4.39 Å². The SMILES string of the molecule is CC(C)(C)c1cccc(Oc2cc(N)cc(F)c2)c1. The Bertz CT molecular complexity index is 567. The lowest BCUT2D eigenvalue weighted by Crippen LogP contribution is -2.10. The molecule has 0 fully saturated rings. The fourth-order valence-corrected chi connectivity index (χ4v) is 1.81. The first-order chi connectivity index (χ1) is 8.84. The summed E-state index contributed by atoms with van der Waals surface area (Å²) >= 11 is 0. The number of rotatable bonds is 2. The fraction of sp³-hybridized carbons (Fsp3) is 0.250. The Kier molecular flexibility index (Phi) is 3.47. The van der Waals surface area contributed by atoms with Gasteiger partial charge in [0.25, 0.3) is 0 Å². The van der Waals surface area contributed by atoms with Gasteiger partial charge in [0.15, 0.2) is 0 Å². The van der Waals surface area contributed by atoms with Gasteiger partial charge in [-0.3, -0.25) is 0 Å². The third kappa shape index (κ3) is 3.47. The molecule has 0 bridgehead atoms. The van der Waals surface area contributed by atoms with Gasteiger partial charge in [-0.2, -0.15) is 0 Å². The molecule has 2 nitrogen and oxygen atoms in total. The second-order valence-electron chi connectivity index (χ2n) is 5.60. The van der Waals surface area contributed by atoms with Gasteiger partial charge in [-0.25, -0.2) is 4.39 Å². The molecule has 2 rings (SSSR count). The molecule has 0 saturated carbocycles. The summed E-state index contributed by atoms with van der Waals surface area (Å²) in [5.74, 6) is 0.683. The van der Waals surface area contributed by atoms with Gasteiger partial charge in [-0.05, 0) is 29.2 Å². The molecular weight excluding hydrogens is 241 g/mol. The molecule has 0 aliphatic heterocycles. The first kappa shape index (κ1) is 13.4. The van der Waals surface area contributed by atoms with E-state index in [1.54, 1.807) is 6.07 Å². The van der Waals surface area contributed by atoms with Crippen molar-refractivity contribution in [2.45, 2.75) is 26.2 Å². The number of nitrogen functional groups attached to an aromatic ring is 1. The summed E-state index contributed by atoms with van der Waals surface area (Å²) in [6.07, 6.45) is 0. The van der Waals surface area contributed by atoms with Crippen LogP contribution in [0.4, 0.5) is 10.1 Å². The third-order valence-corrected chi connectivity index (χ3v) is 2.83. The zero-order valence-corrected chi connectivity index (χ0v) is 11.4. The molecule has 0 atom stereocenters. The Morgan fingerprint density at radius 1 is 1.00 bits per heavy atom. The molecule has 19 heavy (non-hydrogen) atoms. The summed E-state index contributed by atoms with van der Waals surface area (Å²) in [4.78, 5) is 0. The number of nitrogens with two attached hydrogens (primary N) is 1. The van der Waals surface area contributed by atoms with E-state index in [1.807, 2.05) is 24.3 Å². The van der Waals surface area contributed by atoms with Gasteiger partial charge < -0.3 is 10.5 Å². The minimum Gasteiger partial charge on any atom is -0.457 e. The maximum atomic E-state index is 13.2. The minimum absolute atomic E-state index is 0.0420. The summed E-state index contributed by atoms with van der Waals surface area (Å²) in [6, 6.07) is 12.0. The molecule has 0 unspecified atom stereocenters. The van der Waals surface area contributed by atoms with Crippen molar-refractivity contribution in [1.82, 2.24) is 0 Å². The highest BCUT2D eigenvalue weighted by atomic mass is 19.1. The van der Waals surface area contributed by atoms with Crippen molar-refractivity contribution in [3.63, 3.8) is 0 Å². The number of anilines is 1. The van der Waals surface area contributed by atoms with Gasteiger partial charge in [0.05, 0.1) is 0 Å². The first-order valence-corrected chi connectivity index (χ1v) is 6.19. The first-order valence-electron chi connectivity index (χ1n) is 6.19. The van der Waals surface area contributed by atoms with Crippen molar-refractivity contribution in [3.8, 4) is 11.5 Å². The predicted octanol–water partition coefficient (Wildman–Crippen LogP) is 4.50. The van der Waals surface area contributed by atoms with Crippen LogP contribution < -0.4 is 10.5 Å².